The van der Waals surface area contributed by atoms with E-state index in [0.717, 1.165) is 55.3 Å². The molecule has 0 aliphatic heterocycles. The molecule has 12 aromatic rings. The van der Waals surface area contributed by atoms with Crippen LogP contribution in [-0.2, 0) is 0 Å². The topological polar surface area (TPSA) is 51.8 Å². The van der Waals surface area contributed by atoms with Gasteiger partial charge >= 0.3 is 0 Å². The predicted octanol–water partition coefficient (Wildman–Crippen LogP) is 15.3. The van der Waals surface area contributed by atoms with Crippen LogP contribution in [0.4, 0.5) is 0 Å². The van der Waals surface area contributed by atoms with E-state index in [2.05, 4.69) is 158 Å². The Morgan fingerprint density at radius 3 is 1.72 bits per heavy atom. The van der Waals surface area contributed by atoms with Crippen LogP contribution in [0.2, 0.25) is 0 Å². The molecule has 0 spiro atoms. The second-order valence-corrected chi connectivity index (χ2v) is 16.2. The maximum atomic E-state index is 6.47. The maximum absolute atomic E-state index is 6.47. The van der Waals surface area contributed by atoms with E-state index in [1.165, 1.54) is 47.6 Å². The molecule has 0 atom stereocenters. The lowest BCUT2D eigenvalue weighted by molar-refractivity contribution is 0.669. The highest BCUT2D eigenvalue weighted by atomic mass is 32.1. The summed E-state index contributed by atoms with van der Waals surface area (Å²) in [6.07, 6.45) is 0. The van der Waals surface area contributed by atoms with Crippen LogP contribution in [0.25, 0.3) is 120 Å². The maximum Gasteiger partial charge on any atom is 0.164 e. The number of furan rings is 1. The summed E-state index contributed by atoms with van der Waals surface area (Å²) in [6.45, 7) is 0. The van der Waals surface area contributed by atoms with Crippen LogP contribution < -0.4 is 0 Å². The Balaban J connectivity index is 0.934. The summed E-state index contributed by atoms with van der Waals surface area (Å²) < 4.78 is 9.11. The first-order valence-electron chi connectivity index (χ1n) is 20.1. The van der Waals surface area contributed by atoms with Gasteiger partial charge < -0.3 is 4.42 Å². The zero-order chi connectivity index (χ0) is 39.6. The first-order valence-corrected chi connectivity index (χ1v) is 20.9. The van der Waals surface area contributed by atoms with E-state index in [0.29, 0.717) is 17.5 Å². The second-order valence-electron chi connectivity index (χ2n) is 15.1. The average Bonchev–Trinajstić information content (AvgIpc) is 3.90. The number of thiophene rings is 1. The van der Waals surface area contributed by atoms with Gasteiger partial charge in [0.1, 0.15) is 11.2 Å². The quantitative estimate of drug-likeness (QED) is 0.169. The Bertz CT molecular complexity index is 3580. The molecule has 0 bridgehead atoms. The molecule has 0 saturated heterocycles. The number of benzene rings is 9. The third-order valence-corrected chi connectivity index (χ3v) is 12.8. The van der Waals surface area contributed by atoms with Gasteiger partial charge in [0, 0.05) is 47.6 Å². The van der Waals surface area contributed by atoms with E-state index in [1.54, 1.807) is 0 Å². The van der Waals surface area contributed by atoms with Crippen molar-refractivity contribution in [3.8, 4) is 67.5 Å². The summed E-state index contributed by atoms with van der Waals surface area (Å²) in [7, 11) is 0. The lowest BCUT2D eigenvalue weighted by Crippen LogP contribution is -2.00. The summed E-state index contributed by atoms with van der Waals surface area (Å²) in [6, 6.07) is 70.4. The Morgan fingerprint density at radius 1 is 0.333 bits per heavy atom. The third kappa shape index (κ3) is 5.78. The molecule has 0 N–H and O–H groups in total. The second kappa shape index (κ2) is 14.0. The van der Waals surface area contributed by atoms with Crippen molar-refractivity contribution in [3.05, 3.63) is 200 Å². The molecule has 0 fully saturated rings. The van der Waals surface area contributed by atoms with E-state index in [4.69, 9.17) is 19.4 Å². The number of hydrogen-bond acceptors (Lipinski definition) is 5. The normalized spacial score (nSPS) is 11.7. The molecule has 0 aliphatic carbocycles. The molecule has 5 heteroatoms. The van der Waals surface area contributed by atoms with Gasteiger partial charge in [0.2, 0.25) is 0 Å². The molecule has 280 valence electrons. The highest BCUT2D eigenvalue weighted by Crippen LogP contribution is 2.42. The van der Waals surface area contributed by atoms with Crippen molar-refractivity contribution >= 4 is 64.2 Å². The van der Waals surface area contributed by atoms with Gasteiger partial charge in [-0.1, -0.05) is 176 Å². The van der Waals surface area contributed by atoms with Crippen molar-refractivity contribution in [1.82, 2.24) is 15.0 Å². The summed E-state index contributed by atoms with van der Waals surface area (Å²) in [5.41, 5.74) is 11.4. The molecule has 9 aromatic carbocycles. The molecule has 0 radical (unpaired) electrons. The highest BCUT2D eigenvalue weighted by molar-refractivity contribution is 7.26. The summed E-state index contributed by atoms with van der Waals surface area (Å²) in [5, 5.41) is 7.05. The van der Waals surface area contributed by atoms with Gasteiger partial charge in [0.25, 0.3) is 0 Å². The minimum Gasteiger partial charge on any atom is -0.456 e. The number of nitrogens with zero attached hydrogens (tertiary/aromatic N) is 3. The van der Waals surface area contributed by atoms with Crippen molar-refractivity contribution in [3.63, 3.8) is 0 Å². The van der Waals surface area contributed by atoms with Gasteiger partial charge in [-0.05, 0) is 68.4 Å². The summed E-state index contributed by atoms with van der Waals surface area (Å²) >= 11 is 1.86. The number of hydrogen-bond donors (Lipinski definition) is 0. The molecule has 0 amide bonds. The Labute approximate surface area is 349 Å². The zero-order valence-electron chi connectivity index (χ0n) is 32.2. The monoisotopic (exact) mass is 783 g/mol. The number of rotatable bonds is 6. The number of fused-ring (bicyclic) bond motifs is 7. The smallest absolute Gasteiger partial charge is 0.164 e. The predicted molar refractivity (Wildman–Crippen MR) is 250 cm³/mol. The van der Waals surface area contributed by atoms with E-state index < -0.39 is 0 Å². The molecular formula is C55H33N3OS. The van der Waals surface area contributed by atoms with Crippen LogP contribution in [0.3, 0.4) is 0 Å². The molecule has 3 heterocycles. The Hall–Kier alpha value is -7.73. The molecule has 0 aliphatic rings. The van der Waals surface area contributed by atoms with Crippen LogP contribution in [0.1, 0.15) is 0 Å². The van der Waals surface area contributed by atoms with Gasteiger partial charge in [0.05, 0.1) is 0 Å². The van der Waals surface area contributed by atoms with E-state index in [-0.39, 0.29) is 0 Å². The molecule has 3 aromatic heterocycles. The van der Waals surface area contributed by atoms with Crippen LogP contribution in [-0.4, -0.2) is 15.0 Å². The van der Waals surface area contributed by atoms with Crippen molar-refractivity contribution < 1.29 is 4.42 Å². The Morgan fingerprint density at radius 2 is 0.900 bits per heavy atom. The van der Waals surface area contributed by atoms with Crippen molar-refractivity contribution in [2.24, 2.45) is 0 Å². The minimum atomic E-state index is 0.594. The lowest BCUT2D eigenvalue weighted by Gasteiger charge is -2.10. The van der Waals surface area contributed by atoms with Crippen LogP contribution in [0.15, 0.2) is 205 Å². The van der Waals surface area contributed by atoms with Gasteiger partial charge in [-0.25, -0.2) is 15.0 Å². The lowest BCUT2D eigenvalue weighted by atomic mass is 9.96. The Kier molecular flexibility index (Phi) is 8.00. The molecular weight excluding hydrogens is 751 g/mol. The van der Waals surface area contributed by atoms with E-state index in [9.17, 15) is 0 Å². The van der Waals surface area contributed by atoms with Crippen LogP contribution in [0, 0.1) is 0 Å². The first-order chi connectivity index (χ1) is 29.7. The SMILES string of the molecule is c1ccc(-c2nc(-c3ccc(-c4ccc(-c5cccc6c5sc5ccccc56)cc4)cc3)nc(-c3cccc4oc5ccc(-c6cccc7ccccc67)cc5c34)n2)cc1. The van der Waals surface area contributed by atoms with Crippen LogP contribution >= 0.6 is 11.3 Å². The van der Waals surface area contributed by atoms with Gasteiger partial charge in [-0.15, -0.1) is 11.3 Å². The van der Waals surface area contributed by atoms with E-state index >= 15 is 0 Å². The number of aromatic nitrogens is 3. The molecule has 0 saturated carbocycles. The van der Waals surface area contributed by atoms with Crippen molar-refractivity contribution in [2.75, 3.05) is 0 Å². The van der Waals surface area contributed by atoms with Crippen LogP contribution in [0.5, 0.6) is 0 Å². The molecule has 0 unspecified atom stereocenters. The van der Waals surface area contributed by atoms with Crippen molar-refractivity contribution in [1.29, 1.82) is 0 Å². The van der Waals surface area contributed by atoms with Crippen molar-refractivity contribution in [2.45, 2.75) is 0 Å². The largest absolute Gasteiger partial charge is 0.456 e. The fourth-order valence-corrected chi connectivity index (χ4v) is 9.87. The highest BCUT2D eigenvalue weighted by Gasteiger charge is 2.19. The van der Waals surface area contributed by atoms with Gasteiger partial charge in [-0.2, -0.15) is 0 Å². The fourth-order valence-electron chi connectivity index (χ4n) is 8.63. The van der Waals surface area contributed by atoms with E-state index in [1.807, 2.05) is 53.8 Å². The summed E-state index contributed by atoms with van der Waals surface area (Å²) in [5.74, 6) is 1.82. The standard InChI is InChI=1S/C55H33N3OS/c1-2-12-38(13-3-1)53-56-54(39-29-25-35(26-30-39)34-23-27-37(28-24-34)43-18-9-19-45-44-16-6-7-22-50(44)60-52(43)45)58-55(57-53)46-20-10-21-49-51(46)47-33-40(31-32-48(47)59-49)42-17-8-14-36-11-4-5-15-41(36)42/h1-33H. The first kappa shape index (κ1) is 34.3. The summed E-state index contributed by atoms with van der Waals surface area (Å²) in [4.78, 5) is 15.4. The zero-order valence-corrected chi connectivity index (χ0v) is 33.0. The van der Waals surface area contributed by atoms with Gasteiger partial charge in [-0.3, -0.25) is 0 Å². The molecule has 4 nitrogen and oxygen atoms in total. The molecule has 12 rings (SSSR count). The minimum absolute atomic E-state index is 0.594. The third-order valence-electron chi connectivity index (χ3n) is 11.6. The average molecular weight is 784 g/mol. The fraction of sp³-hybridized carbons (Fsp3) is 0. The molecule has 60 heavy (non-hydrogen) atoms. The van der Waals surface area contributed by atoms with Gasteiger partial charge in [0.15, 0.2) is 17.5 Å².